The summed E-state index contributed by atoms with van der Waals surface area (Å²) in [6.07, 6.45) is 0. The van der Waals surface area contributed by atoms with Gasteiger partial charge in [-0.15, -0.1) is 0 Å². The molecule has 15 heavy (non-hydrogen) atoms. The van der Waals surface area contributed by atoms with Gasteiger partial charge in [-0.2, -0.15) is 0 Å². The van der Waals surface area contributed by atoms with E-state index in [0.29, 0.717) is 11.7 Å². The van der Waals surface area contributed by atoms with Crippen LogP contribution in [0.2, 0.25) is 0 Å². The topological polar surface area (TPSA) is 63.3 Å². The number of nitrogens with zero attached hydrogens (tertiary/aromatic N) is 1. The van der Waals surface area contributed by atoms with Crippen molar-refractivity contribution >= 4 is 5.97 Å². The molecule has 1 atom stereocenters. The van der Waals surface area contributed by atoms with Crippen molar-refractivity contribution < 1.29 is 14.3 Å². The minimum Gasteiger partial charge on any atom is -0.476 e. The molecule has 4 nitrogen and oxygen atoms in total. The zero-order valence-electron chi connectivity index (χ0n) is 9.79. The van der Waals surface area contributed by atoms with Gasteiger partial charge in [0, 0.05) is 5.92 Å². The molecule has 0 aliphatic carbocycles. The summed E-state index contributed by atoms with van der Waals surface area (Å²) in [5, 5.41) is 8.84. The number of carboxylic acids is 1. The van der Waals surface area contributed by atoms with Gasteiger partial charge in [0.1, 0.15) is 5.76 Å². The minimum absolute atomic E-state index is 0.00701. The average Bonchev–Trinajstić information content (AvgIpc) is 2.44. The third-order valence-corrected chi connectivity index (χ3v) is 2.69. The van der Waals surface area contributed by atoms with Crippen molar-refractivity contribution in [1.82, 2.24) is 4.98 Å². The highest BCUT2D eigenvalue weighted by Gasteiger charge is 2.28. The Morgan fingerprint density at radius 1 is 1.47 bits per heavy atom. The summed E-state index contributed by atoms with van der Waals surface area (Å²) >= 11 is 0. The van der Waals surface area contributed by atoms with Crippen LogP contribution in [-0.4, -0.2) is 16.1 Å². The van der Waals surface area contributed by atoms with Crippen LogP contribution < -0.4 is 0 Å². The monoisotopic (exact) mass is 211 g/mol. The first-order chi connectivity index (χ1) is 6.73. The summed E-state index contributed by atoms with van der Waals surface area (Å²) in [6.45, 7) is 9.80. The van der Waals surface area contributed by atoms with Crippen LogP contribution in [0.25, 0.3) is 0 Å². The Labute approximate surface area is 89.3 Å². The maximum atomic E-state index is 10.8. The maximum Gasteiger partial charge on any atom is 0.358 e. The van der Waals surface area contributed by atoms with Crippen LogP contribution in [0.15, 0.2) is 4.42 Å². The van der Waals surface area contributed by atoms with Crippen LogP contribution in [0.4, 0.5) is 0 Å². The van der Waals surface area contributed by atoms with Crippen LogP contribution in [0.5, 0.6) is 0 Å². The van der Waals surface area contributed by atoms with Gasteiger partial charge in [0.15, 0.2) is 11.6 Å². The second-order valence-corrected chi connectivity index (χ2v) is 4.85. The molecule has 0 fully saturated rings. The number of oxazole rings is 1. The van der Waals surface area contributed by atoms with Crippen LogP contribution in [0.3, 0.4) is 0 Å². The van der Waals surface area contributed by atoms with Gasteiger partial charge in [-0.3, -0.25) is 0 Å². The predicted octanol–water partition coefficient (Wildman–Crippen LogP) is 2.83. The van der Waals surface area contributed by atoms with Crippen molar-refractivity contribution in [2.45, 2.75) is 40.5 Å². The number of aryl methyl sites for hydroxylation is 1. The van der Waals surface area contributed by atoms with Crippen molar-refractivity contribution in [3.8, 4) is 0 Å². The summed E-state index contributed by atoms with van der Waals surface area (Å²) in [5.41, 5.74) is 0.0219. The van der Waals surface area contributed by atoms with E-state index in [1.54, 1.807) is 6.92 Å². The second-order valence-electron chi connectivity index (χ2n) is 4.85. The van der Waals surface area contributed by atoms with Crippen molar-refractivity contribution in [2.75, 3.05) is 0 Å². The minimum atomic E-state index is -1.04. The summed E-state index contributed by atoms with van der Waals surface area (Å²) in [4.78, 5) is 14.8. The van der Waals surface area contributed by atoms with E-state index in [4.69, 9.17) is 9.52 Å². The molecule has 0 saturated carbocycles. The first-order valence-corrected chi connectivity index (χ1v) is 4.94. The Morgan fingerprint density at radius 3 is 2.33 bits per heavy atom. The summed E-state index contributed by atoms with van der Waals surface area (Å²) in [6, 6.07) is 0. The largest absolute Gasteiger partial charge is 0.476 e. The lowest BCUT2D eigenvalue weighted by Crippen LogP contribution is -2.15. The first kappa shape index (κ1) is 11.8. The summed E-state index contributed by atoms with van der Waals surface area (Å²) in [7, 11) is 0. The average molecular weight is 211 g/mol. The molecule has 84 valence electrons. The molecule has 0 aliphatic rings. The lowest BCUT2D eigenvalue weighted by molar-refractivity contribution is 0.0689. The molecule has 1 unspecified atom stereocenters. The number of hydrogen-bond donors (Lipinski definition) is 1. The molecule has 1 rings (SSSR count). The van der Waals surface area contributed by atoms with Gasteiger partial charge in [0.05, 0.1) is 0 Å². The molecule has 0 saturated heterocycles. The van der Waals surface area contributed by atoms with Crippen LogP contribution in [-0.2, 0) is 0 Å². The van der Waals surface area contributed by atoms with Gasteiger partial charge >= 0.3 is 5.97 Å². The third-order valence-electron chi connectivity index (χ3n) is 2.69. The van der Waals surface area contributed by atoms with Gasteiger partial charge < -0.3 is 9.52 Å². The van der Waals surface area contributed by atoms with E-state index in [1.165, 1.54) is 0 Å². The molecule has 1 aromatic rings. The van der Waals surface area contributed by atoms with Gasteiger partial charge in [0.25, 0.3) is 0 Å². The number of carboxylic acid groups (broad SMARTS) is 1. The van der Waals surface area contributed by atoms with Crippen molar-refractivity contribution in [2.24, 2.45) is 5.41 Å². The Balaban J connectivity index is 3.08. The fraction of sp³-hybridized carbons (Fsp3) is 0.636. The van der Waals surface area contributed by atoms with E-state index < -0.39 is 5.97 Å². The lowest BCUT2D eigenvalue weighted by atomic mass is 9.82. The quantitative estimate of drug-likeness (QED) is 0.817. The van der Waals surface area contributed by atoms with Gasteiger partial charge in [-0.05, 0) is 12.3 Å². The van der Waals surface area contributed by atoms with Gasteiger partial charge in [-0.1, -0.05) is 27.7 Å². The summed E-state index contributed by atoms with van der Waals surface area (Å²) < 4.78 is 5.37. The van der Waals surface area contributed by atoms with Crippen molar-refractivity contribution in [3.63, 3.8) is 0 Å². The molecular formula is C11H17NO3. The molecule has 1 heterocycles. The molecule has 0 radical (unpaired) electrons. The number of carbonyl (C=O) groups is 1. The zero-order valence-corrected chi connectivity index (χ0v) is 9.79. The Hall–Kier alpha value is -1.32. The fourth-order valence-corrected chi connectivity index (χ4v) is 1.17. The summed E-state index contributed by atoms with van der Waals surface area (Å²) in [5.74, 6) is -0.0843. The lowest BCUT2D eigenvalue weighted by Gasteiger charge is -2.24. The molecule has 0 aliphatic heterocycles. The second kappa shape index (κ2) is 3.68. The zero-order chi connectivity index (χ0) is 11.8. The van der Waals surface area contributed by atoms with E-state index in [9.17, 15) is 4.79 Å². The normalized spacial score (nSPS) is 13.9. The highest BCUT2D eigenvalue weighted by Crippen LogP contribution is 2.34. The predicted molar refractivity (Wildman–Crippen MR) is 56.1 cm³/mol. The van der Waals surface area contributed by atoms with Crippen LogP contribution in [0, 0.1) is 12.3 Å². The Bertz CT molecular complexity index is 374. The molecule has 0 amide bonds. The fourth-order valence-electron chi connectivity index (χ4n) is 1.17. The number of rotatable bonds is 2. The standard InChI is InChI=1S/C11H17NO3/c1-6(11(3,4)5)9-12-8(10(13)14)7(2)15-9/h6H,1-5H3,(H,13,14). The van der Waals surface area contributed by atoms with Crippen LogP contribution >= 0.6 is 0 Å². The highest BCUT2D eigenvalue weighted by molar-refractivity contribution is 5.86. The van der Waals surface area contributed by atoms with E-state index >= 15 is 0 Å². The molecule has 0 bridgehead atoms. The van der Waals surface area contributed by atoms with Crippen molar-refractivity contribution in [1.29, 1.82) is 0 Å². The van der Waals surface area contributed by atoms with E-state index in [2.05, 4.69) is 25.8 Å². The Kier molecular flexibility index (Phi) is 2.88. The highest BCUT2D eigenvalue weighted by atomic mass is 16.4. The molecule has 4 heteroatoms. The molecule has 0 spiro atoms. The van der Waals surface area contributed by atoms with E-state index in [-0.39, 0.29) is 17.0 Å². The van der Waals surface area contributed by atoms with E-state index in [1.807, 2.05) is 6.92 Å². The van der Waals surface area contributed by atoms with Gasteiger partial charge in [0.2, 0.25) is 0 Å². The SMILES string of the molecule is Cc1oc(C(C)C(C)(C)C)nc1C(=O)O. The van der Waals surface area contributed by atoms with Crippen molar-refractivity contribution in [3.05, 3.63) is 17.3 Å². The molecular weight excluding hydrogens is 194 g/mol. The smallest absolute Gasteiger partial charge is 0.358 e. The van der Waals surface area contributed by atoms with E-state index in [0.717, 1.165) is 0 Å². The number of aromatic carboxylic acids is 1. The maximum absolute atomic E-state index is 10.8. The molecule has 0 aromatic carbocycles. The number of aromatic nitrogens is 1. The number of hydrogen-bond acceptors (Lipinski definition) is 3. The molecule has 1 aromatic heterocycles. The first-order valence-electron chi connectivity index (χ1n) is 4.94. The van der Waals surface area contributed by atoms with Gasteiger partial charge in [-0.25, -0.2) is 9.78 Å². The Morgan fingerprint density at radius 2 is 2.00 bits per heavy atom. The molecule has 1 N–H and O–H groups in total. The third kappa shape index (κ3) is 2.37. The van der Waals surface area contributed by atoms with Crippen LogP contribution in [0.1, 0.15) is 55.8 Å².